The summed E-state index contributed by atoms with van der Waals surface area (Å²) in [5.41, 5.74) is 1.78. The van der Waals surface area contributed by atoms with Crippen molar-refractivity contribution < 1.29 is 4.39 Å². The van der Waals surface area contributed by atoms with Crippen molar-refractivity contribution in [3.05, 3.63) is 40.6 Å². The van der Waals surface area contributed by atoms with E-state index < -0.39 is 0 Å². The van der Waals surface area contributed by atoms with Crippen LogP contribution >= 0.6 is 15.9 Å². The third-order valence-corrected chi connectivity index (χ3v) is 3.47. The van der Waals surface area contributed by atoms with Gasteiger partial charge in [0, 0.05) is 18.6 Å². The lowest BCUT2D eigenvalue weighted by Gasteiger charge is -2.09. The lowest BCUT2D eigenvalue weighted by Crippen LogP contribution is -2.10. The normalized spacial score (nSPS) is 11.0. The first-order valence-corrected chi connectivity index (χ1v) is 6.83. The monoisotopic (exact) mass is 334 g/mol. The van der Waals surface area contributed by atoms with Gasteiger partial charge in [-0.2, -0.15) is 0 Å². The quantitative estimate of drug-likeness (QED) is 0.778. The van der Waals surface area contributed by atoms with Gasteiger partial charge in [0.15, 0.2) is 5.65 Å². The smallest absolute Gasteiger partial charge is 0.180 e. The number of imidazole rings is 1. The molecule has 0 unspecified atom stereocenters. The fourth-order valence-electron chi connectivity index (χ4n) is 1.94. The first kappa shape index (κ1) is 13.1. The topological polar surface area (TPSA) is 44.8 Å². The van der Waals surface area contributed by atoms with Crippen LogP contribution in [-0.2, 0) is 0 Å². The number of anilines is 1. The Kier molecular flexibility index (Phi) is 3.17. The van der Waals surface area contributed by atoms with Gasteiger partial charge in [-0.1, -0.05) is 15.9 Å². The van der Waals surface area contributed by atoms with Gasteiger partial charge in [-0.05, 0) is 30.3 Å². The molecule has 0 aliphatic carbocycles. The number of nitrogens with zero attached hydrogens (tertiary/aromatic N) is 3. The summed E-state index contributed by atoms with van der Waals surface area (Å²) in [5, 5.41) is 0. The Morgan fingerprint density at radius 2 is 1.95 bits per heavy atom. The van der Waals surface area contributed by atoms with Gasteiger partial charge in [0.2, 0.25) is 0 Å². The zero-order valence-corrected chi connectivity index (χ0v) is 12.6. The van der Waals surface area contributed by atoms with E-state index in [0.29, 0.717) is 17.0 Å². The van der Waals surface area contributed by atoms with E-state index in [1.165, 1.54) is 6.07 Å². The van der Waals surface area contributed by atoms with Crippen LogP contribution in [0.5, 0.6) is 0 Å². The Hall–Kier alpha value is -1.95. The Labute approximate surface area is 123 Å². The van der Waals surface area contributed by atoms with Crippen LogP contribution in [0.2, 0.25) is 0 Å². The number of H-pyrrole nitrogens is 1. The van der Waals surface area contributed by atoms with Crippen molar-refractivity contribution >= 4 is 32.9 Å². The summed E-state index contributed by atoms with van der Waals surface area (Å²) < 4.78 is 14.7. The van der Waals surface area contributed by atoms with Crippen LogP contribution in [0, 0.1) is 5.82 Å². The second-order valence-corrected chi connectivity index (χ2v) is 5.56. The predicted octanol–water partition coefficient (Wildman–Crippen LogP) is 3.59. The van der Waals surface area contributed by atoms with Gasteiger partial charge >= 0.3 is 0 Å². The number of halogens is 2. The molecule has 102 valence electrons. The maximum Gasteiger partial charge on any atom is 0.180 e. The lowest BCUT2D eigenvalue weighted by molar-refractivity contribution is 0.630. The second-order valence-electron chi connectivity index (χ2n) is 4.64. The third kappa shape index (κ3) is 2.27. The van der Waals surface area contributed by atoms with Gasteiger partial charge in [0.1, 0.15) is 17.5 Å². The van der Waals surface area contributed by atoms with Gasteiger partial charge in [0.25, 0.3) is 0 Å². The van der Waals surface area contributed by atoms with E-state index in [9.17, 15) is 4.39 Å². The summed E-state index contributed by atoms with van der Waals surface area (Å²) in [4.78, 5) is 13.8. The van der Waals surface area contributed by atoms with E-state index in [1.807, 2.05) is 31.1 Å². The van der Waals surface area contributed by atoms with Gasteiger partial charge in [-0.25, -0.2) is 14.4 Å². The molecule has 3 rings (SSSR count). The number of hydrogen-bond acceptors (Lipinski definition) is 3. The van der Waals surface area contributed by atoms with Crippen LogP contribution in [0.15, 0.2) is 34.8 Å². The molecular formula is C14H12BrFN4. The van der Waals surface area contributed by atoms with Gasteiger partial charge in [-0.3, -0.25) is 0 Å². The average Bonchev–Trinajstić information content (AvgIpc) is 2.83. The minimum atomic E-state index is -0.319. The van der Waals surface area contributed by atoms with Crippen molar-refractivity contribution in [1.82, 2.24) is 15.0 Å². The highest BCUT2D eigenvalue weighted by Crippen LogP contribution is 2.26. The maximum absolute atomic E-state index is 13.9. The molecule has 0 spiro atoms. The zero-order valence-electron chi connectivity index (χ0n) is 11.0. The number of rotatable bonds is 2. The lowest BCUT2D eigenvalue weighted by atomic mass is 10.2. The van der Waals surface area contributed by atoms with Crippen LogP contribution < -0.4 is 4.90 Å². The Balaban J connectivity index is 2.15. The number of nitrogens with one attached hydrogen (secondary N) is 1. The highest BCUT2D eigenvalue weighted by molar-refractivity contribution is 9.10. The molecule has 20 heavy (non-hydrogen) atoms. The molecule has 0 saturated heterocycles. The van der Waals surface area contributed by atoms with Crippen molar-refractivity contribution in [1.29, 1.82) is 0 Å². The molecule has 1 N–H and O–H groups in total. The van der Waals surface area contributed by atoms with Gasteiger partial charge in [-0.15, -0.1) is 0 Å². The molecule has 2 aromatic heterocycles. The third-order valence-electron chi connectivity index (χ3n) is 2.97. The number of aromatic nitrogens is 3. The molecule has 0 fully saturated rings. The van der Waals surface area contributed by atoms with Crippen LogP contribution in [0.3, 0.4) is 0 Å². The van der Waals surface area contributed by atoms with E-state index in [2.05, 4.69) is 30.9 Å². The molecule has 4 nitrogen and oxygen atoms in total. The highest BCUT2D eigenvalue weighted by Gasteiger charge is 2.12. The highest BCUT2D eigenvalue weighted by atomic mass is 79.9. The maximum atomic E-state index is 13.9. The van der Waals surface area contributed by atoms with Crippen LogP contribution in [0.1, 0.15) is 0 Å². The van der Waals surface area contributed by atoms with E-state index in [1.54, 1.807) is 12.1 Å². The number of pyridine rings is 1. The minimum Gasteiger partial charge on any atom is -0.363 e. The molecule has 3 aromatic rings. The Morgan fingerprint density at radius 3 is 2.70 bits per heavy atom. The summed E-state index contributed by atoms with van der Waals surface area (Å²) in [6, 6.07) is 8.54. The second kappa shape index (κ2) is 4.86. The van der Waals surface area contributed by atoms with E-state index in [-0.39, 0.29) is 5.82 Å². The number of benzene rings is 1. The van der Waals surface area contributed by atoms with E-state index in [0.717, 1.165) is 15.8 Å². The molecular weight excluding hydrogens is 323 g/mol. The van der Waals surface area contributed by atoms with Crippen LogP contribution in [-0.4, -0.2) is 29.0 Å². The molecule has 0 atom stereocenters. The Bertz CT molecular complexity index is 782. The summed E-state index contributed by atoms with van der Waals surface area (Å²) in [6.45, 7) is 0. The first-order valence-electron chi connectivity index (χ1n) is 6.04. The summed E-state index contributed by atoms with van der Waals surface area (Å²) in [7, 11) is 3.82. The molecule has 0 radical (unpaired) electrons. The SMILES string of the molecule is CN(C)c1ccc2[nH]c(-c3cc(Br)ccc3F)nc2n1. The standard InChI is InChI=1S/C14H12BrFN4/c1-20(2)12-6-5-11-14(18-12)19-13(17-11)9-7-8(15)3-4-10(9)16/h3-7H,1-2H3,(H,17,18,19). The number of hydrogen-bond donors (Lipinski definition) is 1. The van der Waals surface area contributed by atoms with Crippen molar-refractivity contribution in [2.45, 2.75) is 0 Å². The minimum absolute atomic E-state index is 0.319. The van der Waals surface area contributed by atoms with Crippen LogP contribution in [0.25, 0.3) is 22.6 Å². The molecule has 2 heterocycles. The molecule has 0 saturated carbocycles. The van der Waals surface area contributed by atoms with Crippen molar-refractivity contribution in [3.63, 3.8) is 0 Å². The fraction of sp³-hybridized carbons (Fsp3) is 0.143. The van der Waals surface area contributed by atoms with E-state index >= 15 is 0 Å². The van der Waals surface area contributed by atoms with E-state index in [4.69, 9.17) is 0 Å². The van der Waals surface area contributed by atoms with Crippen LogP contribution in [0.4, 0.5) is 10.2 Å². The summed E-state index contributed by atoms with van der Waals surface area (Å²) in [5.74, 6) is 0.965. The summed E-state index contributed by atoms with van der Waals surface area (Å²) in [6.07, 6.45) is 0. The molecule has 6 heteroatoms. The molecule has 0 aliphatic heterocycles. The fourth-order valence-corrected chi connectivity index (χ4v) is 2.30. The molecule has 0 aliphatic rings. The molecule has 1 aromatic carbocycles. The number of aromatic amines is 1. The first-order chi connectivity index (χ1) is 9.54. The molecule has 0 amide bonds. The predicted molar refractivity (Wildman–Crippen MR) is 81.3 cm³/mol. The molecule has 0 bridgehead atoms. The van der Waals surface area contributed by atoms with Crippen molar-refractivity contribution in [2.24, 2.45) is 0 Å². The summed E-state index contributed by atoms with van der Waals surface area (Å²) >= 11 is 3.34. The number of fused-ring (bicyclic) bond motifs is 1. The Morgan fingerprint density at radius 1 is 1.15 bits per heavy atom. The van der Waals surface area contributed by atoms with Crippen molar-refractivity contribution in [2.75, 3.05) is 19.0 Å². The zero-order chi connectivity index (χ0) is 14.3. The average molecular weight is 335 g/mol. The van der Waals surface area contributed by atoms with Crippen molar-refractivity contribution in [3.8, 4) is 11.4 Å². The van der Waals surface area contributed by atoms with Gasteiger partial charge < -0.3 is 9.88 Å². The largest absolute Gasteiger partial charge is 0.363 e. The van der Waals surface area contributed by atoms with Gasteiger partial charge in [0.05, 0.1) is 11.1 Å².